The van der Waals surface area contributed by atoms with E-state index >= 15 is 0 Å². The first-order valence-corrected chi connectivity index (χ1v) is 9.25. The Morgan fingerprint density at radius 1 is 1.08 bits per heavy atom. The molecule has 1 amide bonds. The summed E-state index contributed by atoms with van der Waals surface area (Å²) in [5.74, 6) is 0.522. The van der Waals surface area contributed by atoms with Crippen LogP contribution in [0.15, 0.2) is 42.7 Å². The van der Waals surface area contributed by atoms with Crippen LogP contribution in [-0.2, 0) is 0 Å². The number of para-hydroxylation sites is 1. The number of anilines is 2. The molecule has 0 spiro atoms. The number of amides is 1. The van der Waals surface area contributed by atoms with E-state index in [1.54, 1.807) is 12.4 Å². The summed E-state index contributed by atoms with van der Waals surface area (Å²) in [6.45, 7) is 6.06. The number of hydrogen-bond donors (Lipinski definition) is 1. The molecular formula is C21H27N3O. The molecule has 2 heterocycles. The van der Waals surface area contributed by atoms with Crippen LogP contribution < -0.4 is 5.32 Å². The van der Waals surface area contributed by atoms with E-state index in [2.05, 4.69) is 42.3 Å². The minimum atomic E-state index is 0.0928. The number of pyridine rings is 1. The van der Waals surface area contributed by atoms with Crippen LogP contribution in [0.2, 0.25) is 0 Å². The van der Waals surface area contributed by atoms with Gasteiger partial charge in [0.25, 0.3) is 5.91 Å². The van der Waals surface area contributed by atoms with Crippen molar-refractivity contribution in [2.24, 2.45) is 0 Å². The number of hydrogen-bond acceptors (Lipinski definition) is 3. The molecule has 25 heavy (non-hydrogen) atoms. The van der Waals surface area contributed by atoms with Gasteiger partial charge in [0.15, 0.2) is 0 Å². The lowest BCUT2D eigenvalue weighted by Crippen LogP contribution is -2.31. The molecular weight excluding hydrogens is 310 g/mol. The zero-order valence-corrected chi connectivity index (χ0v) is 15.2. The number of likely N-dealkylation sites (tertiary alicyclic amines) is 1. The molecule has 1 aliphatic heterocycles. The van der Waals surface area contributed by atoms with Crippen molar-refractivity contribution >= 4 is 17.3 Å². The molecule has 0 atom stereocenters. The Hall–Kier alpha value is -2.36. The van der Waals surface area contributed by atoms with E-state index in [1.165, 1.54) is 18.4 Å². The van der Waals surface area contributed by atoms with Gasteiger partial charge < -0.3 is 10.2 Å². The second kappa shape index (κ2) is 8.15. The summed E-state index contributed by atoms with van der Waals surface area (Å²) in [4.78, 5) is 19.0. The molecule has 3 rings (SSSR count). The third-order valence-electron chi connectivity index (χ3n) is 4.74. The van der Waals surface area contributed by atoms with Crippen LogP contribution in [0.3, 0.4) is 0 Å². The zero-order valence-electron chi connectivity index (χ0n) is 15.2. The molecule has 1 N–H and O–H groups in total. The molecule has 0 radical (unpaired) electrons. The lowest BCUT2D eigenvalue weighted by molar-refractivity contribution is 0.0761. The molecule has 0 saturated carbocycles. The average Bonchev–Trinajstić information content (AvgIpc) is 2.91. The molecule has 1 aliphatic rings. The molecule has 1 saturated heterocycles. The van der Waals surface area contributed by atoms with Crippen LogP contribution in [0.25, 0.3) is 0 Å². The molecule has 0 unspecified atom stereocenters. The van der Waals surface area contributed by atoms with Gasteiger partial charge in [-0.05, 0) is 36.5 Å². The van der Waals surface area contributed by atoms with Crippen molar-refractivity contribution in [1.82, 2.24) is 9.88 Å². The smallest absolute Gasteiger partial charge is 0.255 e. The highest BCUT2D eigenvalue weighted by atomic mass is 16.2. The number of carbonyl (C=O) groups excluding carboxylic acids is 1. The lowest BCUT2D eigenvalue weighted by Gasteiger charge is -2.20. The number of aromatic nitrogens is 1. The van der Waals surface area contributed by atoms with Crippen LogP contribution in [0.4, 0.5) is 11.4 Å². The first-order chi connectivity index (χ1) is 12.1. The summed E-state index contributed by atoms with van der Waals surface area (Å²) in [7, 11) is 0. The van der Waals surface area contributed by atoms with Gasteiger partial charge in [-0.2, -0.15) is 0 Å². The minimum Gasteiger partial charge on any atom is -0.354 e. The standard InChI is InChI=1S/C21H27N3O/c1-16(2)19-9-5-6-10-20(19)23-18-13-17(14-22-15-18)21(25)24-11-7-3-4-8-12-24/h5-6,9-10,13-16,23H,3-4,7-8,11-12H2,1-2H3. The van der Waals surface area contributed by atoms with E-state index in [1.807, 2.05) is 17.0 Å². The minimum absolute atomic E-state index is 0.0928. The molecule has 2 aromatic rings. The highest BCUT2D eigenvalue weighted by Crippen LogP contribution is 2.27. The Morgan fingerprint density at radius 2 is 1.80 bits per heavy atom. The highest BCUT2D eigenvalue weighted by Gasteiger charge is 2.18. The maximum Gasteiger partial charge on any atom is 0.255 e. The van der Waals surface area contributed by atoms with E-state index < -0.39 is 0 Å². The Kier molecular flexibility index (Phi) is 5.69. The van der Waals surface area contributed by atoms with Crippen molar-refractivity contribution < 1.29 is 4.79 Å². The lowest BCUT2D eigenvalue weighted by atomic mass is 10.0. The monoisotopic (exact) mass is 337 g/mol. The van der Waals surface area contributed by atoms with Gasteiger partial charge in [0.05, 0.1) is 17.4 Å². The van der Waals surface area contributed by atoms with Gasteiger partial charge in [-0.25, -0.2) is 0 Å². The summed E-state index contributed by atoms with van der Waals surface area (Å²) < 4.78 is 0. The van der Waals surface area contributed by atoms with E-state index in [0.29, 0.717) is 11.5 Å². The van der Waals surface area contributed by atoms with Crippen LogP contribution in [0, 0.1) is 0 Å². The van der Waals surface area contributed by atoms with Crippen molar-refractivity contribution in [3.8, 4) is 0 Å². The first-order valence-electron chi connectivity index (χ1n) is 9.25. The van der Waals surface area contributed by atoms with Gasteiger partial charge in [0, 0.05) is 25.0 Å². The fourth-order valence-electron chi connectivity index (χ4n) is 3.35. The summed E-state index contributed by atoms with van der Waals surface area (Å²) in [5, 5.41) is 3.43. The van der Waals surface area contributed by atoms with E-state index in [4.69, 9.17) is 0 Å². The summed E-state index contributed by atoms with van der Waals surface area (Å²) in [6.07, 6.45) is 8.08. The molecule has 4 nitrogen and oxygen atoms in total. The van der Waals surface area contributed by atoms with Crippen molar-refractivity contribution in [3.05, 3.63) is 53.9 Å². The van der Waals surface area contributed by atoms with Crippen molar-refractivity contribution in [1.29, 1.82) is 0 Å². The Morgan fingerprint density at radius 3 is 2.52 bits per heavy atom. The molecule has 1 fully saturated rings. The van der Waals surface area contributed by atoms with Gasteiger partial charge >= 0.3 is 0 Å². The maximum absolute atomic E-state index is 12.8. The Bertz CT molecular complexity index is 719. The number of carbonyl (C=O) groups is 1. The normalized spacial score (nSPS) is 15.1. The molecule has 0 bridgehead atoms. The van der Waals surface area contributed by atoms with E-state index in [-0.39, 0.29) is 5.91 Å². The predicted molar refractivity (Wildman–Crippen MR) is 102 cm³/mol. The number of nitrogens with one attached hydrogen (secondary N) is 1. The van der Waals surface area contributed by atoms with Crippen LogP contribution in [-0.4, -0.2) is 28.9 Å². The molecule has 1 aromatic carbocycles. The molecule has 132 valence electrons. The zero-order chi connectivity index (χ0) is 17.6. The van der Waals surface area contributed by atoms with E-state index in [9.17, 15) is 4.79 Å². The summed E-state index contributed by atoms with van der Waals surface area (Å²) in [6, 6.07) is 10.2. The topological polar surface area (TPSA) is 45.2 Å². The Labute approximate surface area is 150 Å². The van der Waals surface area contributed by atoms with Gasteiger partial charge in [-0.15, -0.1) is 0 Å². The maximum atomic E-state index is 12.8. The average molecular weight is 337 g/mol. The third-order valence-corrected chi connectivity index (χ3v) is 4.74. The predicted octanol–water partition coefficient (Wildman–Crippen LogP) is 4.96. The SMILES string of the molecule is CC(C)c1ccccc1Nc1cncc(C(=O)N2CCCCCC2)c1. The van der Waals surface area contributed by atoms with Crippen molar-refractivity contribution in [2.75, 3.05) is 18.4 Å². The van der Waals surface area contributed by atoms with Gasteiger partial charge in [0.1, 0.15) is 0 Å². The van der Waals surface area contributed by atoms with Crippen LogP contribution >= 0.6 is 0 Å². The summed E-state index contributed by atoms with van der Waals surface area (Å²) in [5.41, 5.74) is 3.84. The number of nitrogens with zero attached hydrogens (tertiary/aromatic N) is 2. The fraction of sp³-hybridized carbons (Fsp3) is 0.429. The van der Waals surface area contributed by atoms with Gasteiger partial charge in [-0.3, -0.25) is 9.78 Å². The molecule has 4 heteroatoms. The highest BCUT2D eigenvalue weighted by molar-refractivity contribution is 5.95. The molecule has 0 aliphatic carbocycles. The number of benzene rings is 1. The fourth-order valence-corrected chi connectivity index (χ4v) is 3.35. The molecule has 1 aromatic heterocycles. The summed E-state index contributed by atoms with van der Waals surface area (Å²) >= 11 is 0. The van der Waals surface area contributed by atoms with Gasteiger partial charge in [-0.1, -0.05) is 44.9 Å². The quantitative estimate of drug-likeness (QED) is 0.857. The first kappa shape index (κ1) is 17.5. The van der Waals surface area contributed by atoms with E-state index in [0.717, 1.165) is 37.3 Å². The Balaban J connectivity index is 1.79. The second-order valence-corrected chi connectivity index (χ2v) is 7.04. The van der Waals surface area contributed by atoms with Crippen LogP contribution in [0.5, 0.6) is 0 Å². The van der Waals surface area contributed by atoms with Crippen molar-refractivity contribution in [3.63, 3.8) is 0 Å². The third kappa shape index (κ3) is 4.38. The largest absolute Gasteiger partial charge is 0.354 e. The van der Waals surface area contributed by atoms with Crippen molar-refractivity contribution in [2.45, 2.75) is 45.4 Å². The van der Waals surface area contributed by atoms with Crippen LogP contribution in [0.1, 0.15) is 61.4 Å². The van der Waals surface area contributed by atoms with Gasteiger partial charge in [0.2, 0.25) is 0 Å². The second-order valence-electron chi connectivity index (χ2n) is 7.04. The number of rotatable bonds is 4.